The molecule has 1 aliphatic carbocycles. The van der Waals surface area contributed by atoms with Crippen LogP contribution < -0.4 is 0 Å². The van der Waals surface area contributed by atoms with Crippen LogP contribution in [0.25, 0.3) is 0 Å². The summed E-state index contributed by atoms with van der Waals surface area (Å²) in [6.45, 7) is 1.74. The summed E-state index contributed by atoms with van der Waals surface area (Å²) in [6, 6.07) is 0. The summed E-state index contributed by atoms with van der Waals surface area (Å²) in [7, 11) is 0. The van der Waals surface area contributed by atoms with Crippen LogP contribution in [0.1, 0.15) is 39.0 Å². The van der Waals surface area contributed by atoms with Crippen LogP contribution >= 0.6 is 0 Å². The lowest BCUT2D eigenvalue weighted by atomic mass is 9.80. The lowest BCUT2D eigenvalue weighted by molar-refractivity contribution is -0.225. The molecule has 0 radical (unpaired) electrons. The third kappa shape index (κ3) is 3.20. The largest absolute Gasteiger partial charge is 0.466 e. The van der Waals surface area contributed by atoms with Crippen molar-refractivity contribution in [3.05, 3.63) is 0 Å². The van der Waals surface area contributed by atoms with Gasteiger partial charge in [-0.1, -0.05) is 0 Å². The first-order valence-corrected chi connectivity index (χ1v) is 5.55. The molecule has 0 bridgehead atoms. The first-order chi connectivity index (χ1) is 7.81. The molecule has 0 aromatic carbocycles. The zero-order valence-electron chi connectivity index (χ0n) is 9.60. The van der Waals surface area contributed by atoms with Gasteiger partial charge in [-0.05, 0) is 19.8 Å². The van der Waals surface area contributed by atoms with Crippen LogP contribution in [0.15, 0.2) is 0 Å². The molecule has 3 nitrogen and oxygen atoms in total. The van der Waals surface area contributed by atoms with Gasteiger partial charge in [-0.15, -0.1) is 0 Å². The van der Waals surface area contributed by atoms with E-state index in [0.29, 0.717) is 0 Å². The van der Waals surface area contributed by atoms with E-state index in [0.717, 1.165) is 0 Å². The molecule has 1 fully saturated rings. The maximum Gasteiger partial charge on any atom is 0.394 e. The molecule has 0 aliphatic heterocycles. The molecule has 0 heterocycles. The van der Waals surface area contributed by atoms with E-state index in [-0.39, 0.29) is 38.1 Å². The fraction of sp³-hybridized carbons (Fsp3) is 0.818. The predicted octanol–water partition coefficient (Wildman–Crippen LogP) is 2.63. The fourth-order valence-corrected chi connectivity index (χ4v) is 2.10. The summed E-state index contributed by atoms with van der Waals surface area (Å²) in [6.07, 6.45) is -5.86. The van der Waals surface area contributed by atoms with Gasteiger partial charge in [0.25, 0.3) is 0 Å². The molecule has 1 aliphatic rings. The molecule has 17 heavy (non-hydrogen) atoms. The number of alkyl halides is 3. The topological polar surface area (TPSA) is 43.4 Å². The monoisotopic (exact) mass is 252 g/mol. The van der Waals surface area contributed by atoms with E-state index in [9.17, 15) is 22.8 Å². The maximum atomic E-state index is 12.9. The molecule has 98 valence electrons. The van der Waals surface area contributed by atoms with Crippen molar-refractivity contribution in [1.29, 1.82) is 0 Å². The SMILES string of the molecule is CCOC(=O)CCC1(C(F)(F)F)CCC(=O)C1. The molecule has 1 rings (SSSR count). The molecule has 1 saturated carbocycles. The molecular weight excluding hydrogens is 237 g/mol. The summed E-state index contributed by atoms with van der Waals surface area (Å²) in [5.74, 6) is -1.03. The molecule has 1 unspecified atom stereocenters. The van der Waals surface area contributed by atoms with E-state index in [1.807, 2.05) is 0 Å². The van der Waals surface area contributed by atoms with E-state index in [1.165, 1.54) is 0 Å². The minimum Gasteiger partial charge on any atom is -0.466 e. The Morgan fingerprint density at radius 3 is 2.53 bits per heavy atom. The Labute approximate surface area is 97.3 Å². The molecular formula is C11H15F3O3. The Hall–Kier alpha value is -1.07. The van der Waals surface area contributed by atoms with Gasteiger partial charge in [-0.25, -0.2) is 0 Å². The zero-order chi connectivity index (χ0) is 13.1. The van der Waals surface area contributed by atoms with Gasteiger partial charge >= 0.3 is 12.1 Å². The molecule has 1 atom stereocenters. The maximum absolute atomic E-state index is 12.9. The molecule has 0 spiro atoms. The molecule has 0 aromatic heterocycles. The number of halogens is 3. The Kier molecular flexibility index (Phi) is 4.16. The minimum atomic E-state index is -4.44. The number of esters is 1. The van der Waals surface area contributed by atoms with Gasteiger partial charge in [0.05, 0.1) is 12.0 Å². The normalized spacial score (nSPS) is 25.1. The Morgan fingerprint density at radius 1 is 1.47 bits per heavy atom. The molecule has 0 N–H and O–H groups in total. The zero-order valence-corrected chi connectivity index (χ0v) is 9.60. The number of hydrogen-bond donors (Lipinski definition) is 0. The standard InChI is InChI=1S/C11H15F3O3/c1-2-17-9(16)4-6-10(11(12,13)14)5-3-8(15)7-10/h2-7H2,1H3. The van der Waals surface area contributed by atoms with Crippen LogP contribution in [-0.4, -0.2) is 24.5 Å². The highest BCUT2D eigenvalue weighted by molar-refractivity contribution is 5.81. The van der Waals surface area contributed by atoms with Crippen LogP contribution in [0.4, 0.5) is 13.2 Å². The summed E-state index contributed by atoms with van der Waals surface area (Å²) in [5, 5.41) is 0. The van der Waals surface area contributed by atoms with E-state index >= 15 is 0 Å². The van der Waals surface area contributed by atoms with Gasteiger partial charge in [0.2, 0.25) is 0 Å². The van der Waals surface area contributed by atoms with Crippen molar-refractivity contribution in [3.8, 4) is 0 Å². The van der Waals surface area contributed by atoms with Gasteiger partial charge in [-0.3, -0.25) is 9.59 Å². The van der Waals surface area contributed by atoms with Crippen molar-refractivity contribution in [2.75, 3.05) is 6.61 Å². The summed E-state index contributed by atoms with van der Waals surface area (Å²) in [5.41, 5.74) is -2.02. The van der Waals surface area contributed by atoms with Gasteiger partial charge in [0.15, 0.2) is 0 Å². The quantitative estimate of drug-likeness (QED) is 0.722. The third-order valence-corrected chi connectivity index (χ3v) is 3.13. The number of rotatable bonds is 4. The second-order valence-corrected chi connectivity index (χ2v) is 4.30. The smallest absolute Gasteiger partial charge is 0.394 e. The van der Waals surface area contributed by atoms with Crippen molar-refractivity contribution < 1.29 is 27.5 Å². The first kappa shape index (κ1) is 14.0. The van der Waals surface area contributed by atoms with Gasteiger partial charge in [0, 0.05) is 19.3 Å². The second-order valence-electron chi connectivity index (χ2n) is 4.30. The average Bonchev–Trinajstić information content (AvgIpc) is 2.58. The van der Waals surface area contributed by atoms with E-state index in [1.54, 1.807) is 6.92 Å². The van der Waals surface area contributed by atoms with Crippen LogP contribution in [0.2, 0.25) is 0 Å². The van der Waals surface area contributed by atoms with E-state index < -0.39 is 24.0 Å². The Bertz CT molecular complexity index is 312. The predicted molar refractivity (Wildman–Crippen MR) is 53.2 cm³/mol. The van der Waals surface area contributed by atoms with Crippen LogP contribution in [-0.2, 0) is 14.3 Å². The number of ether oxygens (including phenoxy) is 1. The highest BCUT2D eigenvalue weighted by Crippen LogP contribution is 2.52. The lowest BCUT2D eigenvalue weighted by Crippen LogP contribution is -2.36. The number of hydrogen-bond acceptors (Lipinski definition) is 3. The summed E-state index contributed by atoms with van der Waals surface area (Å²) in [4.78, 5) is 22.1. The van der Waals surface area contributed by atoms with Gasteiger partial charge in [-0.2, -0.15) is 13.2 Å². The molecule has 0 amide bonds. The van der Waals surface area contributed by atoms with Crippen molar-refractivity contribution in [2.24, 2.45) is 5.41 Å². The Balaban J connectivity index is 2.67. The van der Waals surface area contributed by atoms with Gasteiger partial charge in [0.1, 0.15) is 5.78 Å². The lowest BCUT2D eigenvalue weighted by Gasteiger charge is -2.30. The number of carbonyl (C=O) groups excluding carboxylic acids is 2. The van der Waals surface area contributed by atoms with E-state index in [2.05, 4.69) is 4.74 Å². The molecule has 6 heteroatoms. The molecule has 0 aromatic rings. The first-order valence-electron chi connectivity index (χ1n) is 5.55. The molecule has 0 saturated heterocycles. The van der Waals surface area contributed by atoms with Crippen LogP contribution in [0.3, 0.4) is 0 Å². The Morgan fingerprint density at radius 2 is 2.12 bits per heavy atom. The van der Waals surface area contributed by atoms with Crippen molar-refractivity contribution in [3.63, 3.8) is 0 Å². The van der Waals surface area contributed by atoms with Crippen molar-refractivity contribution in [2.45, 2.75) is 45.2 Å². The van der Waals surface area contributed by atoms with Crippen molar-refractivity contribution in [1.82, 2.24) is 0 Å². The highest BCUT2D eigenvalue weighted by Gasteiger charge is 2.57. The fourth-order valence-electron chi connectivity index (χ4n) is 2.10. The van der Waals surface area contributed by atoms with Crippen molar-refractivity contribution >= 4 is 11.8 Å². The third-order valence-electron chi connectivity index (χ3n) is 3.13. The van der Waals surface area contributed by atoms with E-state index in [4.69, 9.17) is 0 Å². The number of Topliss-reactive ketones (excluding diaryl/α,β-unsaturated/α-hetero) is 1. The highest BCUT2D eigenvalue weighted by atomic mass is 19.4. The van der Waals surface area contributed by atoms with Crippen LogP contribution in [0.5, 0.6) is 0 Å². The summed E-state index contributed by atoms with van der Waals surface area (Å²) < 4.78 is 43.4. The minimum absolute atomic E-state index is 0.0532. The second kappa shape index (κ2) is 5.06. The number of ketones is 1. The van der Waals surface area contributed by atoms with Gasteiger partial charge < -0.3 is 4.74 Å². The summed E-state index contributed by atoms with van der Waals surface area (Å²) >= 11 is 0. The van der Waals surface area contributed by atoms with Crippen LogP contribution in [0, 0.1) is 5.41 Å². The number of carbonyl (C=O) groups is 2. The average molecular weight is 252 g/mol.